The van der Waals surface area contributed by atoms with Crippen LogP contribution < -0.4 is 19.8 Å². The Bertz CT molecular complexity index is 1150. The maximum atomic E-state index is 12.7. The second-order valence-electron chi connectivity index (χ2n) is 7.52. The van der Waals surface area contributed by atoms with Gasteiger partial charge in [-0.25, -0.2) is 4.79 Å². The first-order chi connectivity index (χ1) is 15.0. The van der Waals surface area contributed by atoms with E-state index in [9.17, 15) is 9.59 Å². The summed E-state index contributed by atoms with van der Waals surface area (Å²) in [5, 5.41) is 0.869. The van der Waals surface area contributed by atoms with Crippen LogP contribution in [0.3, 0.4) is 0 Å². The lowest BCUT2D eigenvalue weighted by atomic mass is 10.1. The highest BCUT2D eigenvalue weighted by Crippen LogP contribution is 2.26. The summed E-state index contributed by atoms with van der Waals surface area (Å²) in [7, 11) is 1.61. The molecule has 0 bridgehead atoms. The van der Waals surface area contributed by atoms with Crippen molar-refractivity contribution < 1.29 is 23.4 Å². The lowest BCUT2D eigenvalue weighted by molar-refractivity contribution is -0.146. The van der Waals surface area contributed by atoms with Gasteiger partial charge in [0.15, 0.2) is 6.10 Å². The molecule has 1 aliphatic rings. The second kappa shape index (κ2) is 8.71. The quantitative estimate of drug-likeness (QED) is 0.542. The fourth-order valence-electron chi connectivity index (χ4n) is 3.65. The third-order valence-electron chi connectivity index (χ3n) is 5.35. The second-order valence-corrected chi connectivity index (χ2v) is 7.52. The predicted octanol–water partition coefficient (Wildman–Crippen LogP) is 3.42. The molecule has 162 valence electrons. The van der Waals surface area contributed by atoms with Gasteiger partial charge in [0, 0.05) is 23.6 Å². The van der Waals surface area contributed by atoms with Gasteiger partial charge in [0.2, 0.25) is 0 Å². The van der Waals surface area contributed by atoms with Crippen molar-refractivity contribution in [1.29, 1.82) is 0 Å². The number of benzene rings is 2. The van der Waals surface area contributed by atoms with Crippen molar-refractivity contribution in [3.8, 4) is 17.2 Å². The zero-order valence-electron chi connectivity index (χ0n) is 17.8. The molecule has 7 heteroatoms. The van der Waals surface area contributed by atoms with Crippen molar-refractivity contribution in [3.05, 3.63) is 64.5 Å². The minimum atomic E-state index is -0.670. The summed E-state index contributed by atoms with van der Waals surface area (Å²) < 4.78 is 22.2. The number of ether oxygens (including phenoxy) is 3. The summed E-state index contributed by atoms with van der Waals surface area (Å²) in [5.41, 5.74) is 0.982. The van der Waals surface area contributed by atoms with Crippen LogP contribution in [0.2, 0.25) is 0 Å². The minimum Gasteiger partial charge on any atom is -0.497 e. The van der Waals surface area contributed by atoms with Crippen molar-refractivity contribution in [2.45, 2.75) is 32.5 Å². The molecule has 0 spiro atoms. The van der Waals surface area contributed by atoms with Crippen LogP contribution in [0.1, 0.15) is 19.4 Å². The molecule has 0 N–H and O–H groups in total. The number of methoxy groups -OCH3 is 1. The van der Waals surface area contributed by atoms with Gasteiger partial charge in [-0.2, -0.15) is 0 Å². The summed E-state index contributed by atoms with van der Waals surface area (Å²) in [6.45, 7) is 4.69. The Balaban J connectivity index is 1.35. The number of likely N-dealkylation sites (tertiary alicyclic amines) is 1. The van der Waals surface area contributed by atoms with Crippen molar-refractivity contribution in [1.82, 2.24) is 4.90 Å². The summed E-state index contributed by atoms with van der Waals surface area (Å²) in [6, 6.07) is 14.2. The highest BCUT2D eigenvalue weighted by molar-refractivity contribution is 5.83. The molecule has 31 heavy (non-hydrogen) atoms. The molecule has 1 atom stereocenters. The SMILES string of the molecule is CCc1cc(=O)oc2cc(OC(C)C(=O)N3CC(Oc4cccc(OC)c4)C3)ccc12. The fraction of sp³-hybridized carbons (Fsp3) is 0.333. The van der Waals surface area contributed by atoms with Crippen LogP contribution in [0.25, 0.3) is 11.0 Å². The maximum Gasteiger partial charge on any atom is 0.336 e. The fourth-order valence-corrected chi connectivity index (χ4v) is 3.65. The molecular formula is C24H25NO6. The number of fused-ring (bicyclic) bond motifs is 1. The molecule has 3 aromatic rings. The molecule has 0 aliphatic carbocycles. The Morgan fingerprint density at radius 3 is 2.65 bits per heavy atom. The molecule has 2 aromatic carbocycles. The predicted molar refractivity (Wildman–Crippen MR) is 116 cm³/mol. The topological polar surface area (TPSA) is 78.2 Å². The van der Waals surface area contributed by atoms with Gasteiger partial charge in [0.25, 0.3) is 5.91 Å². The number of nitrogens with zero attached hydrogens (tertiary/aromatic N) is 1. The van der Waals surface area contributed by atoms with E-state index in [4.69, 9.17) is 18.6 Å². The molecule has 1 amide bonds. The molecule has 2 heterocycles. The van der Waals surface area contributed by atoms with E-state index in [0.29, 0.717) is 30.2 Å². The number of carbonyl (C=O) groups excluding carboxylic acids is 1. The number of hydrogen-bond donors (Lipinski definition) is 0. The van der Waals surface area contributed by atoms with Gasteiger partial charge in [0.05, 0.1) is 20.2 Å². The van der Waals surface area contributed by atoms with Crippen LogP contribution in [0, 0.1) is 0 Å². The molecule has 7 nitrogen and oxygen atoms in total. The van der Waals surface area contributed by atoms with Gasteiger partial charge in [-0.05, 0) is 43.2 Å². The number of aryl methyl sites for hydroxylation is 1. The minimum absolute atomic E-state index is 0.0642. The van der Waals surface area contributed by atoms with E-state index >= 15 is 0 Å². The van der Waals surface area contributed by atoms with Crippen LogP contribution in [0.4, 0.5) is 0 Å². The number of rotatable bonds is 7. The van der Waals surface area contributed by atoms with E-state index in [1.54, 1.807) is 31.1 Å². The molecule has 4 rings (SSSR count). The largest absolute Gasteiger partial charge is 0.497 e. The lowest BCUT2D eigenvalue weighted by Gasteiger charge is -2.40. The molecule has 0 saturated carbocycles. The standard InChI is InChI=1S/C24H25NO6/c1-4-16-10-23(26)31-22-12-19(8-9-21(16)22)29-15(2)24(27)25-13-20(14-25)30-18-7-5-6-17(11-18)28-3/h5-12,15,20H,4,13-14H2,1-3H3. The normalized spacial score (nSPS) is 14.7. The maximum absolute atomic E-state index is 12.7. The van der Waals surface area contributed by atoms with Crippen molar-refractivity contribution in [3.63, 3.8) is 0 Å². The third kappa shape index (κ3) is 4.50. The van der Waals surface area contributed by atoms with Crippen LogP contribution in [-0.2, 0) is 11.2 Å². The van der Waals surface area contributed by atoms with Gasteiger partial charge >= 0.3 is 5.63 Å². The average molecular weight is 423 g/mol. The van der Waals surface area contributed by atoms with Gasteiger partial charge < -0.3 is 23.5 Å². The molecule has 1 fully saturated rings. The molecular weight excluding hydrogens is 398 g/mol. The summed E-state index contributed by atoms with van der Waals surface area (Å²) in [4.78, 5) is 26.1. The van der Waals surface area contributed by atoms with Crippen molar-refractivity contribution >= 4 is 16.9 Å². The van der Waals surface area contributed by atoms with Gasteiger partial charge in [-0.3, -0.25) is 4.79 Å². The van der Waals surface area contributed by atoms with Crippen LogP contribution in [0.5, 0.6) is 17.2 Å². The van der Waals surface area contributed by atoms with E-state index in [1.807, 2.05) is 37.3 Å². The third-order valence-corrected chi connectivity index (χ3v) is 5.35. The molecule has 1 aliphatic heterocycles. The molecule has 1 saturated heterocycles. The highest BCUT2D eigenvalue weighted by atomic mass is 16.5. The van der Waals surface area contributed by atoms with Crippen LogP contribution >= 0.6 is 0 Å². The molecule has 1 unspecified atom stereocenters. The zero-order chi connectivity index (χ0) is 22.0. The van der Waals surface area contributed by atoms with E-state index < -0.39 is 11.7 Å². The molecule has 1 aromatic heterocycles. The number of hydrogen-bond acceptors (Lipinski definition) is 6. The smallest absolute Gasteiger partial charge is 0.336 e. The summed E-state index contributed by atoms with van der Waals surface area (Å²) in [5.74, 6) is 1.80. The van der Waals surface area contributed by atoms with Crippen LogP contribution in [0.15, 0.2) is 57.7 Å². The first-order valence-corrected chi connectivity index (χ1v) is 10.3. The van der Waals surface area contributed by atoms with Crippen LogP contribution in [-0.4, -0.2) is 43.2 Å². The summed E-state index contributed by atoms with van der Waals surface area (Å²) >= 11 is 0. The Labute approximate surface area is 180 Å². The number of amides is 1. The Kier molecular flexibility index (Phi) is 5.84. The van der Waals surface area contributed by atoms with Crippen molar-refractivity contribution in [2.24, 2.45) is 0 Å². The first-order valence-electron chi connectivity index (χ1n) is 10.3. The van der Waals surface area contributed by atoms with E-state index in [-0.39, 0.29) is 12.0 Å². The zero-order valence-corrected chi connectivity index (χ0v) is 17.8. The van der Waals surface area contributed by atoms with E-state index in [2.05, 4.69) is 0 Å². The highest BCUT2D eigenvalue weighted by Gasteiger charge is 2.35. The Hall–Kier alpha value is -3.48. The first kappa shape index (κ1) is 20.8. The monoisotopic (exact) mass is 423 g/mol. The Morgan fingerprint density at radius 1 is 1.13 bits per heavy atom. The van der Waals surface area contributed by atoms with Gasteiger partial charge in [-0.1, -0.05) is 13.0 Å². The summed E-state index contributed by atoms with van der Waals surface area (Å²) in [6.07, 6.45) is -0.00696. The van der Waals surface area contributed by atoms with E-state index in [0.717, 1.165) is 23.1 Å². The lowest BCUT2D eigenvalue weighted by Crippen LogP contribution is -2.58. The molecule has 0 radical (unpaired) electrons. The van der Waals surface area contributed by atoms with Crippen molar-refractivity contribution in [2.75, 3.05) is 20.2 Å². The van der Waals surface area contributed by atoms with Gasteiger partial charge in [-0.15, -0.1) is 0 Å². The average Bonchev–Trinajstić information content (AvgIpc) is 2.74. The van der Waals surface area contributed by atoms with Gasteiger partial charge in [0.1, 0.15) is 28.9 Å². The Morgan fingerprint density at radius 2 is 1.90 bits per heavy atom. The van der Waals surface area contributed by atoms with E-state index in [1.165, 1.54) is 6.07 Å². The number of carbonyl (C=O) groups is 1.